The lowest BCUT2D eigenvalue weighted by Gasteiger charge is -2.30. The Labute approximate surface area is 87.6 Å². The average Bonchev–Trinajstić information content (AvgIpc) is 2.75. The molecule has 2 heteroatoms. The topological polar surface area (TPSA) is 12.5 Å². The second-order valence-corrected chi connectivity index (χ2v) is 5.63. The van der Waals surface area contributed by atoms with E-state index in [0.29, 0.717) is 23.5 Å². The lowest BCUT2D eigenvalue weighted by atomic mass is 9.94. The average molecular weight is 197 g/mol. The zero-order valence-electron chi connectivity index (χ0n) is 9.92. The fourth-order valence-corrected chi connectivity index (χ4v) is 3.09. The van der Waals surface area contributed by atoms with Crippen LogP contribution in [-0.4, -0.2) is 37.7 Å². The second-order valence-electron chi connectivity index (χ2n) is 5.63. The quantitative estimate of drug-likeness (QED) is 0.687. The molecule has 1 spiro atoms. The Kier molecular flexibility index (Phi) is 2.61. The fourth-order valence-electron chi connectivity index (χ4n) is 3.09. The Balaban J connectivity index is 2.02. The van der Waals surface area contributed by atoms with Crippen molar-refractivity contribution in [1.82, 2.24) is 4.90 Å². The monoisotopic (exact) mass is 197 g/mol. The van der Waals surface area contributed by atoms with Gasteiger partial charge in [0.25, 0.3) is 0 Å². The summed E-state index contributed by atoms with van der Waals surface area (Å²) in [6.45, 7) is 5.82. The summed E-state index contributed by atoms with van der Waals surface area (Å²) in [6, 6.07) is 0.655. The van der Waals surface area contributed by atoms with Crippen molar-refractivity contribution >= 4 is 0 Å². The maximum Gasteiger partial charge on any atom is 0.0749 e. The van der Waals surface area contributed by atoms with Gasteiger partial charge in [0.2, 0.25) is 0 Å². The minimum absolute atomic E-state index is 0.417. The van der Waals surface area contributed by atoms with E-state index in [0.717, 1.165) is 0 Å². The normalized spacial score (nSPS) is 32.8. The van der Waals surface area contributed by atoms with Gasteiger partial charge in [-0.25, -0.2) is 0 Å². The van der Waals surface area contributed by atoms with E-state index >= 15 is 0 Å². The highest BCUT2D eigenvalue weighted by molar-refractivity contribution is 5.05. The van der Waals surface area contributed by atoms with Gasteiger partial charge in [-0.05, 0) is 37.6 Å². The minimum Gasteiger partial charge on any atom is -0.380 e. The van der Waals surface area contributed by atoms with Crippen LogP contribution in [-0.2, 0) is 4.74 Å². The molecular weight excluding hydrogens is 174 g/mol. The molecule has 2 unspecified atom stereocenters. The highest BCUT2D eigenvalue weighted by Crippen LogP contribution is 2.55. The molecule has 1 saturated heterocycles. The van der Waals surface area contributed by atoms with Crippen molar-refractivity contribution < 1.29 is 4.74 Å². The van der Waals surface area contributed by atoms with Gasteiger partial charge in [0, 0.05) is 19.7 Å². The molecule has 0 N–H and O–H groups in total. The smallest absolute Gasteiger partial charge is 0.0749 e. The number of ether oxygens (including phenoxy) is 1. The maximum atomic E-state index is 5.65. The molecule has 14 heavy (non-hydrogen) atoms. The van der Waals surface area contributed by atoms with Gasteiger partial charge < -0.3 is 9.64 Å². The predicted octanol–water partition coefficient (Wildman–Crippen LogP) is 2.14. The van der Waals surface area contributed by atoms with Crippen LogP contribution in [0.2, 0.25) is 0 Å². The number of likely N-dealkylation sites (N-methyl/N-ethyl adjacent to an activating group) is 1. The summed E-state index contributed by atoms with van der Waals surface area (Å²) in [6.07, 6.45) is 4.67. The minimum atomic E-state index is 0.417. The molecule has 0 aromatic carbocycles. The zero-order valence-corrected chi connectivity index (χ0v) is 9.92. The summed E-state index contributed by atoms with van der Waals surface area (Å²) in [4.78, 5) is 2.52. The molecule has 0 aromatic rings. The van der Waals surface area contributed by atoms with Gasteiger partial charge in [-0.15, -0.1) is 0 Å². The highest BCUT2D eigenvalue weighted by atomic mass is 16.5. The number of hydrogen-bond acceptors (Lipinski definition) is 2. The number of hydrogen-bond donors (Lipinski definition) is 0. The van der Waals surface area contributed by atoms with Gasteiger partial charge in [0.15, 0.2) is 0 Å². The summed E-state index contributed by atoms with van der Waals surface area (Å²) in [5.74, 6) is 0.626. The number of methoxy groups -OCH3 is 1. The molecule has 2 aliphatic rings. The Hall–Kier alpha value is -0.0800. The first-order valence-electron chi connectivity index (χ1n) is 5.81. The molecular formula is C12H23NO. The molecule has 2 fully saturated rings. The molecule has 2 atom stereocenters. The van der Waals surface area contributed by atoms with E-state index in [2.05, 4.69) is 25.8 Å². The van der Waals surface area contributed by atoms with E-state index in [9.17, 15) is 0 Å². The van der Waals surface area contributed by atoms with E-state index in [1.807, 2.05) is 7.11 Å². The standard InChI is InChI=1S/C12H23NO/c1-9(2)11(14-4)10-7-12(5-6-12)8-13(10)3/h9-11H,5-8H2,1-4H3. The lowest BCUT2D eigenvalue weighted by Crippen LogP contribution is -2.40. The van der Waals surface area contributed by atoms with Crippen LogP contribution in [0.5, 0.6) is 0 Å². The van der Waals surface area contributed by atoms with Gasteiger partial charge >= 0.3 is 0 Å². The predicted molar refractivity (Wildman–Crippen MR) is 58.3 cm³/mol. The molecule has 1 saturated carbocycles. The Morgan fingerprint density at radius 1 is 1.36 bits per heavy atom. The van der Waals surface area contributed by atoms with Crippen LogP contribution < -0.4 is 0 Å². The molecule has 0 amide bonds. The third kappa shape index (κ3) is 1.70. The van der Waals surface area contributed by atoms with Crippen LogP contribution in [0.3, 0.4) is 0 Å². The second kappa shape index (κ2) is 3.49. The van der Waals surface area contributed by atoms with Crippen molar-refractivity contribution in [3.8, 4) is 0 Å². The first-order valence-corrected chi connectivity index (χ1v) is 5.81. The van der Waals surface area contributed by atoms with E-state index in [1.165, 1.54) is 25.8 Å². The third-order valence-electron chi connectivity index (χ3n) is 4.06. The summed E-state index contributed by atoms with van der Waals surface area (Å²) in [5.41, 5.74) is 0.699. The van der Waals surface area contributed by atoms with E-state index in [1.54, 1.807) is 0 Å². The van der Waals surface area contributed by atoms with Crippen LogP contribution in [0.1, 0.15) is 33.1 Å². The summed E-state index contributed by atoms with van der Waals surface area (Å²) in [5, 5.41) is 0. The number of rotatable bonds is 3. The largest absolute Gasteiger partial charge is 0.380 e. The first kappa shape index (κ1) is 10.4. The Bertz CT molecular complexity index is 210. The lowest BCUT2D eigenvalue weighted by molar-refractivity contribution is 0.00785. The molecule has 1 aliphatic carbocycles. The Morgan fingerprint density at radius 3 is 2.36 bits per heavy atom. The van der Waals surface area contributed by atoms with Crippen molar-refractivity contribution in [3.05, 3.63) is 0 Å². The van der Waals surface area contributed by atoms with Gasteiger partial charge in [-0.2, -0.15) is 0 Å². The van der Waals surface area contributed by atoms with Crippen molar-refractivity contribution in [2.45, 2.75) is 45.3 Å². The summed E-state index contributed by atoms with van der Waals surface area (Å²) < 4.78 is 5.65. The Morgan fingerprint density at radius 2 is 2.00 bits per heavy atom. The van der Waals surface area contributed by atoms with Crippen molar-refractivity contribution in [1.29, 1.82) is 0 Å². The molecule has 1 heterocycles. The van der Waals surface area contributed by atoms with Crippen molar-refractivity contribution in [2.24, 2.45) is 11.3 Å². The van der Waals surface area contributed by atoms with E-state index < -0.39 is 0 Å². The SMILES string of the molecule is COC(C(C)C)C1CC2(CC2)CN1C. The van der Waals surface area contributed by atoms with Crippen LogP contribution in [0.4, 0.5) is 0 Å². The van der Waals surface area contributed by atoms with Crippen LogP contribution >= 0.6 is 0 Å². The van der Waals surface area contributed by atoms with E-state index in [-0.39, 0.29) is 0 Å². The van der Waals surface area contributed by atoms with Crippen LogP contribution in [0, 0.1) is 11.3 Å². The first-order chi connectivity index (χ1) is 6.58. The molecule has 0 aromatic heterocycles. The number of nitrogens with zero attached hydrogens (tertiary/aromatic N) is 1. The fraction of sp³-hybridized carbons (Fsp3) is 1.00. The van der Waals surface area contributed by atoms with Crippen LogP contribution in [0.15, 0.2) is 0 Å². The highest BCUT2D eigenvalue weighted by Gasteiger charge is 2.52. The zero-order chi connectivity index (χ0) is 10.3. The van der Waals surface area contributed by atoms with Gasteiger partial charge in [-0.1, -0.05) is 13.8 Å². The van der Waals surface area contributed by atoms with Crippen molar-refractivity contribution in [3.63, 3.8) is 0 Å². The summed E-state index contributed by atoms with van der Waals surface area (Å²) in [7, 11) is 4.11. The van der Waals surface area contributed by atoms with Crippen LogP contribution in [0.25, 0.3) is 0 Å². The molecule has 2 rings (SSSR count). The maximum absolute atomic E-state index is 5.65. The summed E-state index contributed by atoms with van der Waals surface area (Å²) >= 11 is 0. The number of likely N-dealkylation sites (tertiary alicyclic amines) is 1. The third-order valence-corrected chi connectivity index (χ3v) is 4.06. The molecule has 82 valence electrons. The molecule has 1 aliphatic heterocycles. The molecule has 0 bridgehead atoms. The molecule has 2 nitrogen and oxygen atoms in total. The van der Waals surface area contributed by atoms with E-state index in [4.69, 9.17) is 4.74 Å². The van der Waals surface area contributed by atoms with Gasteiger partial charge in [-0.3, -0.25) is 0 Å². The van der Waals surface area contributed by atoms with Gasteiger partial charge in [0.1, 0.15) is 0 Å². The van der Waals surface area contributed by atoms with Gasteiger partial charge in [0.05, 0.1) is 6.10 Å². The molecule has 0 radical (unpaired) electrons. The van der Waals surface area contributed by atoms with Crippen molar-refractivity contribution in [2.75, 3.05) is 20.7 Å².